The third-order valence-electron chi connectivity index (χ3n) is 3.34. The first-order valence-electron chi connectivity index (χ1n) is 6.18. The molecule has 0 aromatic carbocycles. The van der Waals surface area contributed by atoms with Crippen LogP contribution in [0.5, 0.6) is 0 Å². The topological polar surface area (TPSA) is 72.2 Å². The highest BCUT2D eigenvalue weighted by Gasteiger charge is 2.31. The Morgan fingerprint density at radius 1 is 1.31 bits per heavy atom. The first-order valence-corrected chi connectivity index (χ1v) is 7.73. The molecule has 1 aliphatic carbocycles. The van der Waals surface area contributed by atoms with Gasteiger partial charge in [0.15, 0.2) is 0 Å². The molecule has 0 aliphatic heterocycles. The van der Waals surface area contributed by atoms with Crippen molar-refractivity contribution in [1.29, 1.82) is 0 Å². The smallest absolute Gasteiger partial charge is 0.214 e. The van der Waals surface area contributed by atoms with E-state index in [1.165, 1.54) is 0 Å². The molecule has 0 bridgehead atoms. The summed E-state index contributed by atoms with van der Waals surface area (Å²) in [4.78, 5) is 0. The Kier molecular flexibility index (Phi) is 5.21. The normalized spacial score (nSPS) is 20.5. The number of nitrogens with two attached hydrogens (primary N) is 1. The largest absolute Gasteiger partial charge is 0.330 e. The highest BCUT2D eigenvalue weighted by Crippen LogP contribution is 2.24. The van der Waals surface area contributed by atoms with Gasteiger partial charge in [-0.2, -0.15) is 0 Å². The van der Waals surface area contributed by atoms with Crippen LogP contribution in [-0.2, 0) is 10.0 Å². The van der Waals surface area contributed by atoms with Crippen molar-refractivity contribution in [2.24, 2.45) is 11.7 Å². The van der Waals surface area contributed by atoms with E-state index in [0.29, 0.717) is 18.9 Å². The van der Waals surface area contributed by atoms with Crippen molar-refractivity contribution in [3.05, 3.63) is 0 Å². The van der Waals surface area contributed by atoms with E-state index in [4.69, 9.17) is 5.73 Å². The van der Waals surface area contributed by atoms with E-state index < -0.39 is 10.0 Å². The van der Waals surface area contributed by atoms with Crippen molar-refractivity contribution < 1.29 is 8.42 Å². The Labute approximate surface area is 99.0 Å². The predicted octanol–water partition coefficient (Wildman–Crippen LogP) is 1.22. The van der Waals surface area contributed by atoms with Crippen LogP contribution >= 0.6 is 0 Å². The Morgan fingerprint density at radius 2 is 1.88 bits per heavy atom. The SMILES string of the molecule is CC(C)C(CCN)NS(=O)(=O)C1CCCC1. The lowest BCUT2D eigenvalue weighted by atomic mass is 10.0. The zero-order valence-corrected chi connectivity index (χ0v) is 11.1. The summed E-state index contributed by atoms with van der Waals surface area (Å²) in [6, 6.07) is -0.0180. The molecule has 4 nitrogen and oxygen atoms in total. The fourth-order valence-corrected chi connectivity index (χ4v) is 4.17. The number of sulfonamides is 1. The molecule has 0 amide bonds. The molecule has 1 fully saturated rings. The van der Waals surface area contributed by atoms with Crippen molar-refractivity contribution in [2.45, 2.75) is 57.2 Å². The molecule has 16 heavy (non-hydrogen) atoms. The highest BCUT2D eigenvalue weighted by molar-refractivity contribution is 7.90. The molecule has 3 N–H and O–H groups in total. The monoisotopic (exact) mass is 248 g/mol. The van der Waals surface area contributed by atoms with Crippen molar-refractivity contribution in [3.8, 4) is 0 Å². The van der Waals surface area contributed by atoms with Crippen LogP contribution in [0.4, 0.5) is 0 Å². The highest BCUT2D eigenvalue weighted by atomic mass is 32.2. The quantitative estimate of drug-likeness (QED) is 0.742. The van der Waals surface area contributed by atoms with Crippen LogP contribution in [0.3, 0.4) is 0 Å². The van der Waals surface area contributed by atoms with Gasteiger partial charge < -0.3 is 5.73 Å². The van der Waals surface area contributed by atoms with Crippen LogP contribution in [0.25, 0.3) is 0 Å². The molecule has 0 heterocycles. The molecule has 0 saturated heterocycles. The molecular formula is C11H24N2O2S. The van der Waals surface area contributed by atoms with Crippen molar-refractivity contribution in [2.75, 3.05) is 6.54 Å². The van der Waals surface area contributed by atoms with Crippen LogP contribution in [0.1, 0.15) is 46.0 Å². The van der Waals surface area contributed by atoms with Gasteiger partial charge in [0.2, 0.25) is 10.0 Å². The maximum Gasteiger partial charge on any atom is 0.214 e. The molecule has 1 rings (SSSR count). The van der Waals surface area contributed by atoms with E-state index in [0.717, 1.165) is 25.7 Å². The summed E-state index contributed by atoms with van der Waals surface area (Å²) in [5, 5.41) is -0.175. The summed E-state index contributed by atoms with van der Waals surface area (Å²) in [6.45, 7) is 4.57. The van der Waals surface area contributed by atoms with E-state index in [-0.39, 0.29) is 11.3 Å². The average molecular weight is 248 g/mol. The number of hydrogen-bond acceptors (Lipinski definition) is 3. The molecule has 0 aromatic rings. The van der Waals surface area contributed by atoms with Gasteiger partial charge in [-0.15, -0.1) is 0 Å². The Morgan fingerprint density at radius 3 is 2.31 bits per heavy atom. The van der Waals surface area contributed by atoms with Crippen LogP contribution in [0.15, 0.2) is 0 Å². The van der Waals surface area contributed by atoms with E-state index in [9.17, 15) is 8.42 Å². The van der Waals surface area contributed by atoms with Crippen LogP contribution in [-0.4, -0.2) is 26.3 Å². The minimum Gasteiger partial charge on any atom is -0.330 e. The van der Waals surface area contributed by atoms with Gasteiger partial charge in [0.1, 0.15) is 0 Å². The lowest BCUT2D eigenvalue weighted by molar-refractivity contribution is 0.425. The number of nitrogens with one attached hydrogen (secondary N) is 1. The number of hydrogen-bond donors (Lipinski definition) is 2. The summed E-state index contributed by atoms with van der Waals surface area (Å²) in [6.07, 6.45) is 4.40. The Bertz CT molecular complexity index is 295. The minimum atomic E-state index is -3.13. The van der Waals surface area contributed by atoms with Gasteiger partial charge in [-0.1, -0.05) is 26.7 Å². The molecule has 0 radical (unpaired) electrons. The fourth-order valence-electron chi connectivity index (χ4n) is 2.21. The lowest BCUT2D eigenvalue weighted by Gasteiger charge is -2.23. The molecule has 1 saturated carbocycles. The second-order valence-corrected chi connectivity index (χ2v) is 6.99. The zero-order chi connectivity index (χ0) is 12.2. The maximum atomic E-state index is 12.1. The molecule has 0 spiro atoms. The molecule has 0 aromatic heterocycles. The molecule has 1 unspecified atom stereocenters. The molecule has 5 heteroatoms. The second-order valence-electron chi connectivity index (χ2n) is 5.00. The first kappa shape index (κ1) is 13.9. The van der Waals surface area contributed by atoms with Crippen LogP contribution in [0, 0.1) is 5.92 Å². The number of rotatable bonds is 6. The van der Waals surface area contributed by atoms with Gasteiger partial charge in [0, 0.05) is 6.04 Å². The third kappa shape index (κ3) is 3.71. The van der Waals surface area contributed by atoms with Crippen molar-refractivity contribution >= 4 is 10.0 Å². The summed E-state index contributed by atoms with van der Waals surface area (Å²) in [5.74, 6) is 0.291. The van der Waals surface area contributed by atoms with Gasteiger partial charge in [0.05, 0.1) is 5.25 Å². The van der Waals surface area contributed by atoms with E-state index >= 15 is 0 Å². The fraction of sp³-hybridized carbons (Fsp3) is 1.00. The summed E-state index contributed by atoms with van der Waals surface area (Å²) in [5.41, 5.74) is 5.50. The van der Waals surface area contributed by atoms with Crippen LogP contribution < -0.4 is 10.5 Å². The Balaban J connectivity index is 2.61. The molecule has 96 valence electrons. The molecule has 1 aliphatic rings. The zero-order valence-electron chi connectivity index (χ0n) is 10.3. The standard InChI is InChI=1S/C11H24N2O2S/c1-9(2)11(7-8-12)13-16(14,15)10-5-3-4-6-10/h9-11,13H,3-8,12H2,1-2H3. The maximum absolute atomic E-state index is 12.1. The second kappa shape index (κ2) is 5.98. The van der Waals surface area contributed by atoms with Gasteiger partial charge in [-0.25, -0.2) is 13.1 Å². The summed E-state index contributed by atoms with van der Waals surface area (Å²) < 4.78 is 27.0. The van der Waals surface area contributed by atoms with Crippen molar-refractivity contribution in [1.82, 2.24) is 4.72 Å². The predicted molar refractivity (Wildman–Crippen MR) is 66.6 cm³/mol. The van der Waals surface area contributed by atoms with E-state index in [1.807, 2.05) is 13.8 Å². The van der Waals surface area contributed by atoms with Gasteiger partial charge in [-0.05, 0) is 31.7 Å². The first-order chi connectivity index (χ1) is 7.47. The van der Waals surface area contributed by atoms with Gasteiger partial charge in [0.25, 0.3) is 0 Å². The molecular weight excluding hydrogens is 224 g/mol. The van der Waals surface area contributed by atoms with Crippen LogP contribution in [0.2, 0.25) is 0 Å². The van der Waals surface area contributed by atoms with Gasteiger partial charge in [-0.3, -0.25) is 0 Å². The van der Waals surface area contributed by atoms with Gasteiger partial charge >= 0.3 is 0 Å². The van der Waals surface area contributed by atoms with Crippen molar-refractivity contribution in [3.63, 3.8) is 0 Å². The summed E-state index contributed by atoms with van der Waals surface area (Å²) >= 11 is 0. The lowest BCUT2D eigenvalue weighted by Crippen LogP contribution is -2.43. The molecule has 1 atom stereocenters. The minimum absolute atomic E-state index is 0.0180. The van der Waals surface area contributed by atoms with E-state index in [2.05, 4.69) is 4.72 Å². The van der Waals surface area contributed by atoms with E-state index in [1.54, 1.807) is 0 Å². The third-order valence-corrected chi connectivity index (χ3v) is 5.32. The average Bonchev–Trinajstić information content (AvgIpc) is 2.69. The Hall–Kier alpha value is -0.130. The summed E-state index contributed by atoms with van der Waals surface area (Å²) in [7, 11) is -3.13.